The van der Waals surface area contributed by atoms with Gasteiger partial charge in [0.15, 0.2) is 11.5 Å². The van der Waals surface area contributed by atoms with Crippen molar-refractivity contribution in [2.24, 2.45) is 0 Å². The molecule has 0 atom stereocenters. The summed E-state index contributed by atoms with van der Waals surface area (Å²) in [6.45, 7) is 0.737. The number of furan rings is 1. The van der Waals surface area contributed by atoms with Gasteiger partial charge >= 0.3 is 5.91 Å². The van der Waals surface area contributed by atoms with Gasteiger partial charge in [0.2, 0.25) is 0 Å². The van der Waals surface area contributed by atoms with E-state index in [4.69, 9.17) is 4.42 Å². The van der Waals surface area contributed by atoms with Crippen molar-refractivity contribution < 1.29 is 18.4 Å². The van der Waals surface area contributed by atoms with Crippen molar-refractivity contribution in [3.63, 3.8) is 0 Å². The van der Waals surface area contributed by atoms with Gasteiger partial charge in [0.1, 0.15) is 11.6 Å². The Hall–Kier alpha value is -3.42. The molecule has 4 rings (SSSR count). The van der Waals surface area contributed by atoms with Crippen LogP contribution in [-0.2, 0) is 13.0 Å². The number of hydrazine groups is 1. The zero-order valence-electron chi connectivity index (χ0n) is 15.1. The van der Waals surface area contributed by atoms with Crippen LogP contribution in [0.5, 0.6) is 0 Å². The highest BCUT2D eigenvalue weighted by atomic mass is 19.1. The van der Waals surface area contributed by atoms with Crippen LogP contribution < -0.4 is 10.9 Å². The van der Waals surface area contributed by atoms with Gasteiger partial charge in [-0.2, -0.15) is 0 Å². The second kappa shape index (κ2) is 7.67. The van der Waals surface area contributed by atoms with Gasteiger partial charge in [-0.1, -0.05) is 6.42 Å². The largest absolute Gasteiger partial charge is 0.459 e. The first-order valence-electron chi connectivity index (χ1n) is 9.13. The van der Waals surface area contributed by atoms with E-state index in [2.05, 4.69) is 15.8 Å². The number of halogens is 1. The van der Waals surface area contributed by atoms with Gasteiger partial charge in [0.05, 0.1) is 12.0 Å². The molecular formula is C20H19FN4O3. The van der Waals surface area contributed by atoms with E-state index in [9.17, 15) is 14.0 Å². The molecule has 0 unspecified atom stereocenters. The quantitative estimate of drug-likeness (QED) is 0.682. The fraction of sp³-hybridized carbons (Fsp3) is 0.250. The summed E-state index contributed by atoms with van der Waals surface area (Å²) in [4.78, 5) is 29.2. The van der Waals surface area contributed by atoms with Crippen molar-refractivity contribution in [3.8, 4) is 11.4 Å². The normalized spacial score (nSPS) is 13.5. The molecule has 1 aromatic carbocycles. The summed E-state index contributed by atoms with van der Waals surface area (Å²) in [5.74, 6) is -0.665. The summed E-state index contributed by atoms with van der Waals surface area (Å²) >= 11 is 0. The molecule has 0 bridgehead atoms. The molecule has 2 amide bonds. The standard InChI is InChI=1S/C20H19FN4O3/c21-14-9-7-13(8-10-14)18-22-17(15-5-2-1-3-11-25(15)18)20(27)24-23-19(26)16-6-4-12-28-16/h4,6-10,12H,1-3,5,11H2,(H,23,26)(H,24,27). The van der Waals surface area contributed by atoms with Crippen LogP contribution in [0, 0.1) is 5.82 Å². The van der Waals surface area contributed by atoms with Crippen LogP contribution in [0.2, 0.25) is 0 Å². The fourth-order valence-electron chi connectivity index (χ4n) is 3.36. The molecule has 3 aromatic rings. The number of amides is 2. The molecule has 0 spiro atoms. The van der Waals surface area contributed by atoms with Gasteiger partial charge in [-0.15, -0.1) is 0 Å². The van der Waals surface area contributed by atoms with Crippen LogP contribution in [0.15, 0.2) is 47.1 Å². The van der Waals surface area contributed by atoms with Gasteiger partial charge in [-0.05, 0) is 55.7 Å². The van der Waals surface area contributed by atoms with Gasteiger partial charge in [0.25, 0.3) is 5.91 Å². The van der Waals surface area contributed by atoms with Crippen LogP contribution >= 0.6 is 0 Å². The predicted octanol–water partition coefficient (Wildman–Crippen LogP) is 3.08. The molecule has 1 aliphatic rings. The van der Waals surface area contributed by atoms with E-state index in [1.165, 1.54) is 24.5 Å². The number of hydrogen-bond acceptors (Lipinski definition) is 4. The van der Waals surface area contributed by atoms with E-state index >= 15 is 0 Å². The minimum Gasteiger partial charge on any atom is -0.459 e. The number of carbonyl (C=O) groups excluding carboxylic acids is 2. The molecule has 3 heterocycles. The Morgan fingerprint density at radius 3 is 2.57 bits per heavy atom. The number of imidazole rings is 1. The first kappa shape index (κ1) is 18.0. The summed E-state index contributed by atoms with van der Waals surface area (Å²) in [6, 6.07) is 9.12. The second-order valence-corrected chi connectivity index (χ2v) is 6.59. The monoisotopic (exact) mass is 382 g/mol. The van der Waals surface area contributed by atoms with Gasteiger partial charge < -0.3 is 8.98 Å². The minimum absolute atomic E-state index is 0.0935. The van der Waals surface area contributed by atoms with Crippen molar-refractivity contribution in [2.75, 3.05) is 0 Å². The molecule has 7 nitrogen and oxygen atoms in total. The lowest BCUT2D eigenvalue weighted by Crippen LogP contribution is -2.42. The van der Waals surface area contributed by atoms with E-state index in [-0.39, 0.29) is 17.3 Å². The first-order valence-corrected chi connectivity index (χ1v) is 9.13. The van der Waals surface area contributed by atoms with Crippen molar-refractivity contribution in [1.82, 2.24) is 20.4 Å². The third kappa shape index (κ3) is 3.53. The van der Waals surface area contributed by atoms with E-state index in [1.807, 2.05) is 4.57 Å². The number of carbonyl (C=O) groups is 2. The molecule has 1 aliphatic heterocycles. The molecule has 28 heavy (non-hydrogen) atoms. The SMILES string of the molecule is O=C(NNC(=O)c1nc(-c2ccc(F)cc2)n2c1CCCCC2)c1ccco1. The summed E-state index contributed by atoms with van der Waals surface area (Å²) in [5.41, 5.74) is 6.55. The van der Waals surface area contributed by atoms with Crippen LogP contribution in [0.4, 0.5) is 4.39 Å². The Morgan fingerprint density at radius 2 is 1.82 bits per heavy atom. The maximum atomic E-state index is 13.3. The Bertz CT molecular complexity index is 993. The highest BCUT2D eigenvalue weighted by Crippen LogP contribution is 2.27. The number of nitrogens with one attached hydrogen (secondary N) is 2. The van der Waals surface area contributed by atoms with Gasteiger partial charge in [-0.3, -0.25) is 20.4 Å². The summed E-state index contributed by atoms with van der Waals surface area (Å²) in [6.07, 6.45) is 5.08. The number of nitrogens with zero attached hydrogens (tertiary/aromatic N) is 2. The number of hydrogen-bond donors (Lipinski definition) is 2. The highest BCUT2D eigenvalue weighted by Gasteiger charge is 2.24. The zero-order chi connectivity index (χ0) is 19.5. The van der Waals surface area contributed by atoms with E-state index < -0.39 is 11.8 Å². The first-order chi connectivity index (χ1) is 13.6. The molecule has 2 N–H and O–H groups in total. The molecule has 0 fully saturated rings. The highest BCUT2D eigenvalue weighted by molar-refractivity contribution is 5.98. The summed E-state index contributed by atoms with van der Waals surface area (Å²) in [7, 11) is 0. The van der Waals surface area contributed by atoms with Crippen LogP contribution in [0.25, 0.3) is 11.4 Å². The molecule has 0 aliphatic carbocycles. The Balaban J connectivity index is 1.61. The van der Waals surface area contributed by atoms with E-state index in [1.54, 1.807) is 18.2 Å². The molecule has 0 saturated heterocycles. The maximum absolute atomic E-state index is 13.3. The minimum atomic E-state index is -0.553. The van der Waals surface area contributed by atoms with Gasteiger partial charge in [0, 0.05) is 12.1 Å². The van der Waals surface area contributed by atoms with Crippen molar-refractivity contribution >= 4 is 11.8 Å². The number of fused-ring (bicyclic) bond motifs is 1. The summed E-state index contributed by atoms with van der Waals surface area (Å²) < 4.78 is 20.3. The molecule has 144 valence electrons. The van der Waals surface area contributed by atoms with E-state index in [0.717, 1.165) is 37.1 Å². The Kier molecular flexibility index (Phi) is 4.92. The Labute approximate surface area is 160 Å². The third-order valence-electron chi connectivity index (χ3n) is 4.72. The van der Waals surface area contributed by atoms with E-state index in [0.29, 0.717) is 12.2 Å². The van der Waals surface area contributed by atoms with Crippen LogP contribution in [0.1, 0.15) is 46.0 Å². The Morgan fingerprint density at radius 1 is 1.04 bits per heavy atom. The number of benzene rings is 1. The smallest absolute Gasteiger partial charge is 0.305 e. The van der Waals surface area contributed by atoms with Gasteiger partial charge in [-0.25, -0.2) is 9.37 Å². The molecule has 0 saturated carbocycles. The third-order valence-corrected chi connectivity index (χ3v) is 4.72. The second-order valence-electron chi connectivity index (χ2n) is 6.59. The molecular weight excluding hydrogens is 363 g/mol. The molecule has 0 radical (unpaired) electrons. The maximum Gasteiger partial charge on any atom is 0.305 e. The number of rotatable bonds is 3. The van der Waals surface area contributed by atoms with Crippen LogP contribution in [-0.4, -0.2) is 21.4 Å². The van der Waals surface area contributed by atoms with Crippen molar-refractivity contribution in [2.45, 2.75) is 32.2 Å². The van der Waals surface area contributed by atoms with Crippen LogP contribution in [0.3, 0.4) is 0 Å². The fourth-order valence-corrected chi connectivity index (χ4v) is 3.36. The lowest BCUT2D eigenvalue weighted by atomic mass is 10.1. The summed E-state index contributed by atoms with van der Waals surface area (Å²) in [5, 5.41) is 0. The number of aromatic nitrogens is 2. The zero-order valence-corrected chi connectivity index (χ0v) is 15.1. The lowest BCUT2D eigenvalue weighted by molar-refractivity contribution is 0.0828. The van der Waals surface area contributed by atoms with Crippen molar-refractivity contribution in [1.29, 1.82) is 0 Å². The average Bonchev–Trinajstić information content (AvgIpc) is 3.30. The average molecular weight is 382 g/mol. The van der Waals surface area contributed by atoms with Crippen molar-refractivity contribution in [3.05, 3.63) is 65.6 Å². The lowest BCUT2D eigenvalue weighted by Gasteiger charge is -2.09. The predicted molar refractivity (Wildman–Crippen MR) is 98.8 cm³/mol. The topological polar surface area (TPSA) is 89.2 Å². The molecule has 8 heteroatoms. The molecule has 2 aromatic heterocycles.